The molecule has 3 N–H and O–H groups in total. The lowest BCUT2D eigenvalue weighted by molar-refractivity contribution is 0.162. The van der Waals surface area contributed by atoms with Crippen molar-refractivity contribution >= 4 is 15.7 Å². The average molecular weight is 315 g/mol. The zero-order valence-corrected chi connectivity index (χ0v) is 14.0. The van der Waals surface area contributed by atoms with Gasteiger partial charge in [0.1, 0.15) is 0 Å². The lowest BCUT2D eigenvalue weighted by Crippen LogP contribution is -2.34. The maximum Gasteiger partial charge on any atom is 0.240 e. The number of nitrogens with two attached hydrogens (primary N) is 1. The van der Waals surface area contributed by atoms with Crippen LogP contribution in [0.3, 0.4) is 0 Å². The van der Waals surface area contributed by atoms with E-state index in [9.17, 15) is 8.42 Å². The van der Waals surface area contributed by atoms with E-state index < -0.39 is 10.0 Å². The molecule has 1 rings (SSSR count). The zero-order chi connectivity index (χ0) is 16.0. The molecule has 120 valence electrons. The molecule has 1 aromatic carbocycles. The van der Waals surface area contributed by atoms with Crippen molar-refractivity contribution in [1.29, 1.82) is 0 Å². The predicted octanol–water partition coefficient (Wildman–Crippen LogP) is 0.742. The van der Waals surface area contributed by atoms with E-state index in [4.69, 9.17) is 10.5 Å². The molecule has 0 aromatic heterocycles. The number of nitrogen functional groups attached to an aromatic ring is 1. The van der Waals surface area contributed by atoms with Crippen LogP contribution < -0.4 is 10.5 Å². The van der Waals surface area contributed by atoms with E-state index in [-0.39, 0.29) is 4.90 Å². The predicted molar refractivity (Wildman–Crippen MR) is 84.9 cm³/mol. The molecule has 1 aromatic rings. The molecule has 0 aliphatic rings. The van der Waals surface area contributed by atoms with E-state index >= 15 is 0 Å². The smallest absolute Gasteiger partial charge is 0.240 e. The van der Waals surface area contributed by atoms with E-state index in [1.54, 1.807) is 13.2 Å². The monoisotopic (exact) mass is 315 g/mol. The van der Waals surface area contributed by atoms with Gasteiger partial charge in [-0.2, -0.15) is 0 Å². The number of hydrogen-bond acceptors (Lipinski definition) is 5. The van der Waals surface area contributed by atoms with E-state index in [2.05, 4.69) is 4.72 Å². The van der Waals surface area contributed by atoms with Crippen molar-refractivity contribution in [2.24, 2.45) is 0 Å². The number of anilines is 1. The normalized spacial score (nSPS) is 12.0. The molecule has 0 atom stereocenters. The second kappa shape index (κ2) is 7.74. The van der Waals surface area contributed by atoms with Crippen molar-refractivity contribution in [3.8, 4) is 0 Å². The Morgan fingerprint density at radius 3 is 2.52 bits per heavy atom. The molecule has 0 fully saturated rings. The summed E-state index contributed by atoms with van der Waals surface area (Å²) in [7, 11) is 0.0314. The molecule has 0 amide bonds. The highest BCUT2D eigenvalue weighted by Crippen LogP contribution is 2.21. The van der Waals surface area contributed by atoms with Crippen LogP contribution in [-0.4, -0.2) is 53.7 Å². The molecule has 0 saturated heterocycles. The maximum atomic E-state index is 12.2. The first-order valence-electron chi connectivity index (χ1n) is 6.82. The SMILES string of the molecule is COCCN(C)CCNS(=O)(=O)c1cc(C)c(C)c(N)c1. The fourth-order valence-corrected chi connectivity index (χ4v) is 2.96. The molecule has 0 spiro atoms. The molecule has 0 bridgehead atoms. The number of hydrogen-bond donors (Lipinski definition) is 2. The average Bonchev–Trinajstić information content (AvgIpc) is 2.41. The molecule has 0 radical (unpaired) electrons. The van der Waals surface area contributed by atoms with Crippen LogP contribution in [0.25, 0.3) is 0 Å². The lowest BCUT2D eigenvalue weighted by atomic mass is 10.1. The highest BCUT2D eigenvalue weighted by Gasteiger charge is 2.16. The Labute approximate surface area is 127 Å². The summed E-state index contributed by atoms with van der Waals surface area (Å²) in [6.07, 6.45) is 0. The number of rotatable bonds is 8. The van der Waals surface area contributed by atoms with Crippen molar-refractivity contribution in [2.45, 2.75) is 18.7 Å². The van der Waals surface area contributed by atoms with Gasteiger partial charge in [0.15, 0.2) is 0 Å². The summed E-state index contributed by atoms with van der Waals surface area (Å²) in [5.74, 6) is 0. The molecule has 7 heteroatoms. The van der Waals surface area contributed by atoms with Crippen molar-refractivity contribution < 1.29 is 13.2 Å². The van der Waals surface area contributed by atoms with Crippen LogP contribution in [0.5, 0.6) is 0 Å². The Morgan fingerprint density at radius 2 is 1.95 bits per heavy atom. The van der Waals surface area contributed by atoms with E-state index in [0.29, 0.717) is 25.4 Å². The van der Waals surface area contributed by atoms with Gasteiger partial charge in [-0.1, -0.05) is 0 Å². The summed E-state index contributed by atoms with van der Waals surface area (Å²) in [6, 6.07) is 3.14. The first-order valence-corrected chi connectivity index (χ1v) is 8.30. The number of likely N-dealkylation sites (N-methyl/N-ethyl adjacent to an activating group) is 1. The maximum absolute atomic E-state index is 12.2. The highest BCUT2D eigenvalue weighted by atomic mass is 32.2. The molecular weight excluding hydrogens is 290 g/mol. The Balaban J connectivity index is 2.66. The minimum absolute atomic E-state index is 0.211. The third kappa shape index (κ3) is 5.28. The molecule has 0 saturated carbocycles. The highest BCUT2D eigenvalue weighted by molar-refractivity contribution is 7.89. The van der Waals surface area contributed by atoms with Gasteiger partial charge >= 0.3 is 0 Å². The van der Waals surface area contributed by atoms with E-state index in [0.717, 1.165) is 17.7 Å². The van der Waals surface area contributed by atoms with Gasteiger partial charge in [0.25, 0.3) is 0 Å². The number of nitrogens with one attached hydrogen (secondary N) is 1. The van der Waals surface area contributed by atoms with Gasteiger partial charge < -0.3 is 15.4 Å². The second-order valence-electron chi connectivity index (χ2n) is 5.15. The molecule has 6 nitrogen and oxygen atoms in total. The molecule has 0 unspecified atom stereocenters. The summed E-state index contributed by atoms with van der Waals surface area (Å²) in [5, 5.41) is 0. The van der Waals surface area contributed by atoms with Crippen molar-refractivity contribution in [3.63, 3.8) is 0 Å². The summed E-state index contributed by atoms with van der Waals surface area (Å²) in [6.45, 7) is 6.06. The van der Waals surface area contributed by atoms with Crippen molar-refractivity contribution in [1.82, 2.24) is 9.62 Å². The molecular formula is C14H25N3O3S. The Bertz CT molecular complexity index is 550. The fourth-order valence-electron chi connectivity index (χ4n) is 1.82. The number of methoxy groups -OCH3 is 1. The largest absolute Gasteiger partial charge is 0.398 e. The molecule has 21 heavy (non-hydrogen) atoms. The van der Waals surface area contributed by atoms with Crippen molar-refractivity contribution in [2.75, 3.05) is 46.1 Å². The fraction of sp³-hybridized carbons (Fsp3) is 0.571. The number of sulfonamides is 1. The van der Waals surface area contributed by atoms with Crippen LogP contribution in [0.2, 0.25) is 0 Å². The summed E-state index contributed by atoms with van der Waals surface area (Å²) in [5.41, 5.74) is 8.11. The Kier molecular flexibility index (Phi) is 6.60. The van der Waals surface area contributed by atoms with Crippen molar-refractivity contribution in [3.05, 3.63) is 23.3 Å². The summed E-state index contributed by atoms with van der Waals surface area (Å²) < 4.78 is 32.0. The van der Waals surface area contributed by atoms with Gasteiger partial charge in [-0.3, -0.25) is 0 Å². The number of nitrogens with zero attached hydrogens (tertiary/aromatic N) is 1. The van der Waals surface area contributed by atoms with Crippen LogP contribution in [0.15, 0.2) is 17.0 Å². The summed E-state index contributed by atoms with van der Waals surface area (Å²) in [4.78, 5) is 2.21. The number of benzene rings is 1. The number of aryl methyl sites for hydroxylation is 1. The third-order valence-electron chi connectivity index (χ3n) is 3.45. The van der Waals surface area contributed by atoms with Crippen LogP contribution in [0.1, 0.15) is 11.1 Å². The van der Waals surface area contributed by atoms with Gasteiger partial charge in [-0.15, -0.1) is 0 Å². The van der Waals surface area contributed by atoms with Crippen LogP contribution in [0.4, 0.5) is 5.69 Å². The standard InChI is InChI=1S/C14H25N3O3S/c1-11-9-13(10-14(15)12(11)2)21(18,19)16-5-6-17(3)7-8-20-4/h9-10,16H,5-8,15H2,1-4H3. The minimum atomic E-state index is -3.53. The van der Waals surface area contributed by atoms with Gasteiger partial charge in [-0.25, -0.2) is 13.1 Å². The molecule has 0 aliphatic carbocycles. The molecule has 0 aliphatic heterocycles. The van der Waals surface area contributed by atoms with Gasteiger partial charge in [0.05, 0.1) is 11.5 Å². The van der Waals surface area contributed by atoms with Crippen LogP contribution >= 0.6 is 0 Å². The first kappa shape index (κ1) is 17.9. The molecule has 0 heterocycles. The topological polar surface area (TPSA) is 84.7 Å². The minimum Gasteiger partial charge on any atom is -0.398 e. The quantitative estimate of drug-likeness (QED) is 0.691. The van der Waals surface area contributed by atoms with E-state index in [1.807, 2.05) is 25.8 Å². The second-order valence-corrected chi connectivity index (χ2v) is 6.92. The Morgan fingerprint density at radius 1 is 1.29 bits per heavy atom. The number of ether oxygens (including phenoxy) is 1. The van der Waals surface area contributed by atoms with Crippen LogP contribution in [-0.2, 0) is 14.8 Å². The Hall–Kier alpha value is -1.15. The van der Waals surface area contributed by atoms with Gasteiger partial charge in [0.2, 0.25) is 10.0 Å². The van der Waals surface area contributed by atoms with Crippen LogP contribution in [0, 0.1) is 13.8 Å². The van der Waals surface area contributed by atoms with E-state index in [1.165, 1.54) is 6.07 Å². The lowest BCUT2D eigenvalue weighted by Gasteiger charge is -2.16. The third-order valence-corrected chi connectivity index (χ3v) is 4.89. The zero-order valence-electron chi connectivity index (χ0n) is 13.1. The van der Waals surface area contributed by atoms with Gasteiger partial charge in [-0.05, 0) is 44.2 Å². The first-order chi connectivity index (χ1) is 9.77. The van der Waals surface area contributed by atoms with Gasteiger partial charge in [0, 0.05) is 32.4 Å². The summed E-state index contributed by atoms with van der Waals surface area (Å²) >= 11 is 0.